The zero-order valence-electron chi connectivity index (χ0n) is 11.4. The van der Waals surface area contributed by atoms with Gasteiger partial charge in [0.05, 0.1) is 13.7 Å². The minimum absolute atomic E-state index is 0.151. The minimum Gasteiger partial charge on any atom is -0.497 e. The molecule has 2 aromatic carbocycles. The van der Waals surface area contributed by atoms with Gasteiger partial charge in [-0.15, -0.1) is 0 Å². The molecule has 0 spiro atoms. The molecule has 21 heavy (non-hydrogen) atoms. The van der Waals surface area contributed by atoms with Crippen LogP contribution in [0.5, 0.6) is 5.75 Å². The zero-order chi connectivity index (χ0) is 15.2. The number of halogens is 1. The molecule has 0 aliphatic carbocycles. The van der Waals surface area contributed by atoms with E-state index in [1.54, 1.807) is 49.6 Å². The van der Waals surface area contributed by atoms with Crippen LogP contribution in [0.1, 0.15) is 5.56 Å². The first-order valence-electron chi connectivity index (χ1n) is 6.23. The molecule has 0 saturated carbocycles. The Kier molecular flexibility index (Phi) is 5.19. The normalized spacial score (nSPS) is 10.0. The van der Waals surface area contributed by atoms with Gasteiger partial charge in [-0.3, -0.25) is 0 Å². The molecule has 0 unspecified atom stereocenters. The number of carbonyl (C=O) groups excluding carboxylic acids is 1. The van der Waals surface area contributed by atoms with Crippen molar-refractivity contribution in [3.05, 3.63) is 52.5 Å². The molecule has 0 fully saturated rings. The Labute approximate surface area is 131 Å². The van der Waals surface area contributed by atoms with Crippen LogP contribution in [-0.2, 0) is 6.61 Å². The number of ether oxygens (including phenoxy) is 1. The molecule has 0 aromatic heterocycles. The average Bonchev–Trinajstić information content (AvgIpc) is 2.47. The number of hydrogen-bond donors (Lipinski definition) is 3. The second-order valence-electron chi connectivity index (χ2n) is 4.27. The molecule has 6 heteroatoms. The third-order valence-corrected chi connectivity index (χ3v) is 3.31. The number of rotatable bonds is 4. The third-order valence-electron chi connectivity index (χ3n) is 2.82. The van der Waals surface area contributed by atoms with Gasteiger partial charge in [0.2, 0.25) is 0 Å². The van der Waals surface area contributed by atoms with E-state index in [4.69, 9.17) is 4.74 Å². The summed E-state index contributed by atoms with van der Waals surface area (Å²) < 4.78 is 5.91. The fourth-order valence-electron chi connectivity index (χ4n) is 1.79. The first-order chi connectivity index (χ1) is 10.1. The predicted molar refractivity (Wildman–Crippen MR) is 85.7 cm³/mol. The summed E-state index contributed by atoms with van der Waals surface area (Å²) in [5, 5.41) is 14.7. The van der Waals surface area contributed by atoms with E-state index in [1.165, 1.54) is 0 Å². The topological polar surface area (TPSA) is 70.6 Å². The van der Waals surface area contributed by atoms with Gasteiger partial charge in [0.1, 0.15) is 5.75 Å². The van der Waals surface area contributed by atoms with E-state index in [2.05, 4.69) is 26.6 Å². The van der Waals surface area contributed by atoms with Gasteiger partial charge >= 0.3 is 6.03 Å². The number of methoxy groups -OCH3 is 1. The zero-order valence-corrected chi connectivity index (χ0v) is 13.0. The molecule has 2 amide bonds. The predicted octanol–water partition coefficient (Wildman–Crippen LogP) is 3.59. The first-order valence-corrected chi connectivity index (χ1v) is 7.03. The van der Waals surface area contributed by atoms with Gasteiger partial charge in [-0.05, 0) is 24.3 Å². The van der Waals surface area contributed by atoms with Crippen LogP contribution in [-0.4, -0.2) is 18.2 Å². The molecule has 5 nitrogen and oxygen atoms in total. The maximum atomic E-state index is 12.0. The quantitative estimate of drug-likeness (QED) is 0.788. The summed E-state index contributed by atoms with van der Waals surface area (Å²) in [7, 11) is 1.56. The number of anilines is 2. The van der Waals surface area contributed by atoms with Crippen molar-refractivity contribution in [3.63, 3.8) is 0 Å². The summed E-state index contributed by atoms with van der Waals surface area (Å²) in [5.41, 5.74) is 1.80. The highest BCUT2D eigenvalue weighted by molar-refractivity contribution is 9.10. The van der Waals surface area contributed by atoms with Crippen LogP contribution in [0.3, 0.4) is 0 Å². The van der Waals surface area contributed by atoms with Crippen LogP contribution in [0.15, 0.2) is 46.9 Å². The number of carbonyl (C=O) groups is 1. The van der Waals surface area contributed by atoms with Crippen molar-refractivity contribution in [2.45, 2.75) is 6.61 Å². The van der Waals surface area contributed by atoms with Gasteiger partial charge in [-0.2, -0.15) is 0 Å². The van der Waals surface area contributed by atoms with Gasteiger partial charge in [0, 0.05) is 27.5 Å². The smallest absolute Gasteiger partial charge is 0.323 e. The molecule has 2 aromatic rings. The summed E-state index contributed by atoms with van der Waals surface area (Å²) >= 11 is 3.33. The van der Waals surface area contributed by atoms with Crippen LogP contribution in [0.25, 0.3) is 0 Å². The molecule has 0 aliphatic heterocycles. The van der Waals surface area contributed by atoms with E-state index in [9.17, 15) is 9.90 Å². The van der Waals surface area contributed by atoms with Gasteiger partial charge in [-0.1, -0.05) is 28.1 Å². The summed E-state index contributed by atoms with van der Waals surface area (Å²) in [6.45, 7) is -0.151. The maximum Gasteiger partial charge on any atom is 0.323 e. The Morgan fingerprint density at radius 2 is 2.05 bits per heavy atom. The molecule has 0 aliphatic rings. The number of benzene rings is 2. The molecule has 2 rings (SSSR count). The van der Waals surface area contributed by atoms with Gasteiger partial charge < -0.3 is 20.5 Å². The fourth-order valence-corrected chi connectivity index (χ4v) is 2.15. The Bertz CT molecular complexity index is 647. The van der Waals surface area contributed by atoms with E-state index in [0.29, 0.717) is 22.7 Å². The first kappa shape index (κ1) is 15.3. The van der Waals surface area contributed by atoms with Crippen LogP contribution in [0.4, 0.5) is 16.2 Å². The highest BCUT2D eigenvalue weighted by Gasteiger charge is 2.08. The summed E-state index contributed by atoms with van der Waals surface area (Å²) in [4.78, 5) is 12.0. The van der Waals surface area contributed by atoms with E-state index in [1.807, 2.05) is 0 Å². The number of urea groups is 1. The summed E-state index contributed by atoms with van der Waals surface area (Å²) in [5.74, 6) is 0.659. The minimum atomic E-state index is -0.393. The van der Waals surface area contributed by atoms with Crippen molar-refractivity contribution >= 4 is 33.3 Å². The number of aliphatic hydroxyl groups is 1. The van der Waals surface area contributed by atoms with Crippen molar-refractivity contribution in [1.29, 1.82) is 0 Å². The van der Waals surface area contributed by atoms with Crippen LogP contribution < -0.4 is 15.4 Å². The van der Waals surface area contributed by atoms with Crippen molar-refractivity contribution in [2.75, 3.05) is 17.7 Å². The van der Waals surface area contributed by atoms with E-state index >= 15 is 0 Å². The molecule has 3 N–H and O–H groups in total. The second kappa shape index (κ2) is 7.10. The fraction of sp³-hybridized carbons (Fsp3) is 0.133. The van der Waals surface area contributed by atoms with E-state index in [-0.39, 0.29) is 6.61 Å². The molecule has 110 valence electrons. The van der Waals surface area contributed by atoms with Crippen molar-refractivity contribution in [2.24, 2.45) is 0 Å². The summed E-state index contributed by atoms with van der Waals surface area (Å²) in [6, 6.07) is 11.9. The van der Waals surface area contributed by atoms with Crippen molar-refractivity contribution in [1.82, 2.24) is 0 Å². The number of hydrogen-bond acceptors (Lipinski definition) is 3. The van der Waals surface area contributed by atoms with E-state index in [0.717, 1.165) is 4.47 Å². The van der Waals surface area contributed by atoms with Crippen LogP contribution in [0.2, 0.25) is 0 Å². The Morgan fingerprint density at radius 1 is 1.24 bits per heavy atom. The van der Waals surface area contributed by atoms with Gasteiger partial charge in [0.15, 0.2) is 0 Å². The number of amides is 2. The lowest BCUT2D eigenvalue weighted by atomic mass is 10.2. The Morgan fingerprint density at radius 3 is 2.76 bits per heavy atom. The molecule has 0 atom stereocenters. The number of nitrogens with one attached hydrogen (secondary N) is 2. The Hall–Kier alpha value is -2.05. The lowest BCUT2D eigenvalue weighted by Gasteiger charge is -2.11. The molecule has 0 radical (unpaired) electrons. The van der Waals surface area contributed by atoms with Gasteiger partial charge in [0.25, 0.3) is 0 Å². The molecule has 0 bridgehead atoms. The molecule has 0 heterocycles. The lowest BCUT2D eigenvalue weighted by molar-refractivity contribution is 0.262. The highest BCUT2D eigenvalue weighted by Crippen LogP contribution is 2.22. The monoisotopic (exact) mass is 350 g/mol. The highest BCUT2D eigenvalue weighted by atomic mass is 79.9. The van der Waals surface area contributed by atoms with Crippen molar-refractivity contribution in [3.8, 4) is 5.75 Å². The SMILES string of the molecule is COc1cccc(NC(=O)Nc2cc(Br)ccc2CO)c1. The Balaban J connectivity index is 2.09. The average molecular weight is 351 g/mol. The largest absolute Gasteiger partial charge is 0.497 e. The van der Waals surface area contributed by atoms with Crippen LogP contribution >= 0.6 is 15.9 Å². The second-order valence-corrected chi connectivity index (χ2v) is 5.19. The van der Waals surface area contributed by atoms with Crippen LogP contribution in [0, 0.1) is 0 Å². The van der Waals surface area contributed by atoms with Gasteiger partial charge in [-0.25, -0.2) is 4.79 Å². The molecule has 0 saturated heterocycles. The van der Waals surface area contributed by atoms with Crippen molar-refractivity contribution < 1.29 is 14.6 Å². The standard InChI is InChI=1S/C15H15BrN2O3/c1-21-13-4-2-3-12(8-13)17-15(20)18-14-7-11(16)6-5-10(14)9-19/h2-8,19H,9H2,1H3,(H2,17,18,20). The van der Waals surface area contributed by atoms with E-state index < -0.39 is 6.03 Å². The summed E-state index contributed by atoms with van der Waals surface area (Å²) in [6.07, 6.45) is 0. The number of aliphatic hydroxyl groups excluding tert-OH is 1. The molecular weight excluding hydrogens is 336 g/mol. The maximum absolute atomic E-state index is 12.0. The third kappa shape index (κ3) is 4.21. The lowest BCUT2D eigenvalue weighted by Crippen LogP contribution is -2.20. The molecular formula is C15H15BrN2O3.